The van der Waals surface area contributed by atoms with E-state index >= 15 is 0 Å². The zero-order chi connectivity index (χ0) is 26.1. The fourth-order valence-electron chi connectivity index (χ4n) is 4.18. The summed E-state index contributed by atoms with van der Waals surface area (Å²) < 4.78 is 1.63. The first-order valence-corrected chi connectivity index (χ1v) is 11.8. The van der Waals surface area contributed by atoms with Crippen LogP contribution < -0.4 is 16.0 Å². The van der Waals surface area contributed by atoms with Gasteiger partial charge in [-0.1, -0.05) is 12.1 Å². The summed E-state index contributed by atoms with van der Waals surface area (Å²) in [5.74, 6) is -0.230. The smallest absolute Gasteiger partial charge is 0.273 e. The van der Waals surface area contributed by atoms with Crippen LogP contribution in [0.1, 0.15) is 50.3 Å². The summed E-state index contributed by atoms with van der Waals surface area (Å²) in [6, 6.07) is 15.4. The Bertz CT molecular complexity index is 1580. The van der Waals surface area contributed by atoms with Crippen molar-refractivity contribution in [3.05, 3.63) is 94.6 Å². The van der Waals surface area contributed by atoms with Gasteiger partial charge in [-0.25, -0.2) is 0 Å². The van der Waals surface area contributed by atoms with Gasteiger partial charge < -0.3 is 16.0 Å². The zero-order valence-corrected chi connectivity index (χ0v) is 20.5. The minimum atomic E-state index is -0.302. The van der Waals surface area contributed by atoms with Crippen LogP contribution in [-0.4, -0.2) is 37.6 Å². The lowest BCUT2D eigenvalue weighted by atomic mass is 9.98. The highest BCUT2D eigenvalue weighted by atomic mass is 16.2. The molecule has 2 amide bonds. The molecule has 1 aliphatic heterocycles. The van der Waals surface area contributed by atoms with Gasteiger partial charge in [0.2, 0.25) is 0 Å². The summed E-state index contributed by atoms with van der Waals surface area (Å²) in [7, 11) is 0. The van der Waals surface area contributed by atoms with Crippen LogP contribution in [0.25, 0.3) is 5.57 Å². The molecule has 2 aromatic carbocycles. The quantitative estimate of drug-likeness (QED) is 0.225. The second kappa shape index (κ2) is 9.57. The van der Waals surface area contributed by atoms with Gasteiger partial charge in [-0.3, -0.25) is 24.2 Å². The maximum Gasteiger partial charge on any atom is 0.273 e. The third kappa shape index (κ3) is 4.76. The Kier molecular flexibility index (Phi) is 6.14. The number of rotatable bonds is 7. The molecule has 1 aliphatic rings. The molecular weight excluding hydrogens is 470 g/mol. The van der Waals surface area contributed by atoms with Gasteiger partial charge >= 0.3 is 0 Å². The Morgan fingerprint density at radius 1 is 1.05 bits per heavy atom. The van der Waals surface area contributed by atoms with Crippen LogP contribution in [0.2, 0.25) is 0 Å². The normalized spacial score (nSPS) is 13.4. The second-order valence-electron chi connectivity index (χ2n) is 8.70. The number of fused-ring (bicyclic) bond motifs is 1. The van der Waals surface area contributed by atoms with Crippen molar-refractivity contribution >= 4 is 40.4 Å². The SMILES string of the molecule is CCn1nc(C)cc1C(=O)Nc1cccc(C(=O)c2ccc3c(c2)C(=CNc2cc(C)[nH]n2)C(=O)N3)c1. The Morgan fingerprint density at radius 2 is 1.86 bits per heavy atom. The number of carbonyl (C=O) groups is 3. The van der Waals surface area contributed by atoms with Gasteiger partial charge in [-0.15, -0.1) is 0 Å². The molecule has 4 aromatic rings. The zero-order valence-electron chi connectivity index (χ0n) is 20.5. The van der Waals surface area contributed by atoms with Crippen molar-refractivity contribution in [1.82, 2.24) is 20.0 Å². The number of amides is 2. The summed E-state index contributed by atoms with van der Waals surface area (Å²) in [6.07, 6.45) is 1.57. The first-order valence-electron chi connectivity index (χ1n) is 11.8. The number of hydrogen-bond donors (Lipinski definition) is 4. The summed E-state index contributed by atoms with van der Waals surface area (Å²) in [5, 5.41) is 19.9. The van der Waals surface area contributed by atoms with Crippen molar-refractivity contribution in [2.45, 2.75) is 27.3 Å². The largest absolute Gasteiger partial charge is 0.344 e. The Labute approximate surface area is 212 Å². The standard InChI is InChI=1S/C27H25N7O3/c1-4-34-23(10-16(3)33-34)27(37)29-19-7-5-6-17(12-19)25(35)18-8-9-22-20(13-18)21(26(36)30-22)14-28-24-11-15(2)31-32-24/h5-14H,4H2,1-3H3,(H,29,37)(H,30,36)(H2,28,31,32). The number of hydrogen-bond acceptors (Lipinski definition) is 6. The molecule has 37 heavy (non-hydrogen) atoms. The molecule has 0 radical (unpaired) electrons. The highest BCUT2D eigenvalue weighted by molar-refractivity contribution is 6.32. The highest BCUT2D eigenvalue weighted by Crippen LogP contribution is 2.33. The molecule has 0 aliphatic carbocycles. The number of carbonyl (C=O) groups excluding carboxylic acids is 3. The van der Waals surface area contributed by atoms with E-state index in [1.54, 1.807) is 59.4 Å². The van der Waals surface area contributed by atoms with Gasteiger partial charge in [0.15, 0.2) is 11.6 Å². The lowest BCUT2D eigenvalue weighted by molar-refractivity contribution is -0.110. The Hall–Kier alpha value is -4.99. The maximum absolute atomic E-state index is 13.3. The minimum Gasteiger partial charge on any atom is -0.344 e. The van der Waals surface area contributed by atoms with Crippen molar-refractivity contribution in [1.29, 1.82) is 0 Å². The molecule has 0 saturated carbocycles. The van der Waals surface area contributed by atoms with Crippen molar-refractivity contribution in [3.63, 3.8) is 0 Å². The molecule has 10 heteroatoms. The van der Waals surface area contributed by atoms with Crippen molar-refractivity contribution in [3.8, 4) is 0 Å². The molecule has 0 unspecified atom stereocenters. The first kappa shape index (κ1) is 23.7. The average Bonchev–Trinajstić information content (AvgIpc) is 3.57. The molecule has 0 spiro atoms. The van der Waals surface area contributed by atoms with E-state index in [4.69, 9.17) is 0 Å². The fourth-order valence-corrected chi connectivity index (χ4v) is 4.18. The van der Waals surface area contributed by atoms with E-state index in [-0.39, 0.29) is 17.6 Å². The second-order valence-corrected chi connectivity index (χ2v) is 8.70. The van der Waals surface area contributed by atoms with E-state index in [1.165, 1.54) is 0 Å². The molecule has 10 nitrogen and oxygen atoms in total. The fraction of sp³-hybridized carbons (Fsp3) is 0.148. The van der Waals surface area contributed by atoms with Crippen LogP contribution in [-0.2, 0) is 11.3 Å². The summed E-state index contributed by atoms with van der Waals surface area (Å²) in [6.45, 7) is 6.19. The van der Waals surface area contributed by atoms with Crippen LogP contribution in [0, 0.1) is 13.8 Å². The van der Waals surface area contributed by atoms with Gasteiger partial charge in [0.1, 0.15) is 5.69 Å². The summed E-state index contributed by atoms with van der Waals surface area (Å²) in [4.78, 5) is 38.7. The molecule has 5 rings (SSSR count). The van der Waals surface area contributed by atoms with E-state index in [0.29, 0.717) is 51.7 Å². The number of aromatic amines is 1. The summed E-state index contributed by atoms with van der Waals surface area (Å²) >= 11 is 0. The number of nitrogens with zero attached hydrogens (tertiary/aromatic N) is 3. The number of ketones is 1. The lowest BCUT2D eigenvalue weighted by Crippen LogP contribution is -2.17. The van der Waals surface area contributed by atoms with Crippen molar-refractivity contribution in [2.75, 3.05) is 16.0 Å². The van der Waals surface area contributed by atoms with Crippen LogP contribution >= 0.6 is 0 Å². The number of aromatic nitrogens is 4. The number of anilines is 3. The summed E-state index contributed by atoms with van der Waals surface area (Å²) in [5.41, 5.74) is 5.04. The number of benzene rings is 2. The Balaban J connectivity index is 1.38. The Morgan fingerprint density at radius 3 is 2.62 bits per heavy atom. The lowest BCUT2D eigenvalue weighted by Gasteiger charge is -2.09. The average molecular weight is 496 g/mol. The molecule has 0 atom stereocenters. The van der Waals surface area contributed by atoms with E-state index in [1.807, 2.05) is 26.8 Å². The molecule has 4 N–H and O–H groups in total. The molecule has 2 aromatic heterocycles. The van der Waals surface area contributed by atoms with Crippen LogP contribution in [0.15, 0.2) is 60.8 Å². The predicted molar refractivity (Wildman–Crippen MR) is 140 cm³/mol. The van der Waals surface area contributed by atoms with Crippen molar-refractivity contribution < 1.29 is 14.4 Å². The number of aryl methyl sites for hydroxylation is 3. The number of nitrogens with one attached hydrogen (secondary N) is 4. The molecule has 0 saturated heterocycles. The van der Waals surface area contributed by atoms with Crippen molar-refractivity contribution in [2.24, 2.45) is 0 Å². The molecule has 3 heterocycles. The third-order valence-corrected chi connectivity index (χ3v) is 5.95. The minimum absolute atomic E-state index is 0.233. The molecular formula is C27H25N7O3. The van der Waals surface area contributed by atoms with Gasteiger partial charge in [0.25, 0.3) is 11.8 Å². The monoisotopic (exact) mass is 495 g/mol. The molecule has 0 bridgehead atoms. The van der Waals surface area contributed by atoms with Crippen LogP contribution in [0.3, 0.4) is 0 Å². The topological polar surface area (TPSA) is 134 Å². The first-order chi connectivity index (χ1) is 17.8. The maximum atomic E-state index is 13.3. The molecule has 0 fully saturated rings. The van der Waals surface area contributed by atoms with Gasteiger partial charge in [0.05, 0.1) is 11.3 Å². The van der Waals surface area contributed by atoms with Gasteiger partial charge in [-0.05, 0) is 57.2 Å². The van der Waals surface area contributed by atoms with Gasteiger partial charge in [0, 0.05) is 52.6 Å². The van der Waals surface area contributed by atoms with Gasteiger partial charge in [-0.2, -0.15) is 10.2 Å². The van der Waals surface area contributed by atoms with E-state index in [9.17, 15) is 14.4 Å². The van der Waals surface area contributed by atoms with Crippen LogP contribution in [0.4, 0.5) is 17.2 Å². The third-order valence-electron chi connectivity index (χ3n) is 5.95. The van der Waals surface area contributed by atoms with Crippen LogP contribution in [0.5, 0.6) is 0 Å². The number of H-pyrrole nitrogens is 1. The predicted octanol–water partition coefficient (Wildman–Crippen LogP) is 4.13. The van der Waals surface area contributed by atoms with E-state index in [2.05, 4.69) is 31.2 Å². The van der Waals surface area contributed by atoms with E-state index < -0.39 is 0 Å². The van der Waals surface area contributed by atoms with E-state index in [0.717, 1.165) is 11.4 Å². The molecule has 186 valence electrons. The highest BCUT2D eigenvalue weighted by Gasteiger charge is 2.26.